The summed E-state index contributed by atoms with van der Waals surface area (Å²) >= 11 is 4.11. The average Bonchev–Trinajstić information content (AvgIpc) is 2.39. The Kier molecular flexibility index (Phi) is 3.69. The van der Waals surface area contributed by atoms with E-state index in [-0.39, 0.29) is 11.6 Å². The minimum atomic E-state index is -0.143. The van der Waals surface area contributed by atoms with Crippen molar-refractivity contribution in [2.75, 3.05) is 0 Å². The normalized spacial score (nSPS) is 10.8. The van der Waals surface area contributed by atoms with Gasteiger partial charge in [-0.15, -0.1) is 0 Å². The third-order valence-electron chi connectivity index (χ3n) is 2.21. The molecule has 0 saturated heterocycles. The Bertz CT molecular complexity index is 368. The number of aromatic nitrogens is 2. The molecule has 0 aliphatic heterocycles. The molecule has 4 nitrogen and oxygen atoms in total. The van der Waals surface area contributed by atoms with Gasteiger partial charge in [-0.2, -0.15) is 12.6 Å². The quantitative estimate of drug-likeness (QED) is 0.743. The number of hydrogen-bond acceptors (Lipinski definition) is 3. The van der Waals surface area contributed by atoms with Crippen LogP contribution in [0.4, 0.5) is 0 Å². The van der Waals surface area contributed by atoms with Gasteiger partial charge in [0, 0.05) is 18.8 Å². The molecular weight excluding hydrogens is 200 g/mol. The molecule has 1 rings (SSSR count). The van der Waals surface area contributed by atoms with Gasteiger partial charge in [0.2, 0.25) is 5.88 Å². The van der Waals surface area contributed by atoms with E-state index in [4.69, 9.17) is 0 Å². The van der Waals surface area contributed by atoms with Crippen molar-refractivity contribution in [3.05, 3.63) is 16.2 Å². The number of imidazole rings is 1. The smallest absolute Gasteiger partial charge is 0.331 e. The van der Waals surface area contributed by atoms with Crippen LogP contribution in [-0.2, 0) is 18.8 Å². The summed E-state index contributed by atoms with van der Waals surface area (Å²) in [5.74, 6) is 0.439. The fourth-order valence-corrected chi connectivity index (χ4v) is 1.84. The van der Waals surface area contributed by atoms with Crippen LogP contribution in [0.3, 0.4) is 0 Å². The molecule has 0 unspecified atom stereocenters. The van der Waals surface area contributed by atoms with E-state index in [0.29, 0.717) is 24.5 Å². The molecule has 0 aliphatic carbocycles. The largest absolute Gasteiger partial charge is 0.493 e. The second-order valence-electron chi connectivity index (χ2n) is 3.11. The van der Waals surface area contributed by atoms with E-state index in [0.717, 1.165) is 6.42 Å². The summed E-state index contributed by atoms with van der Waals surface area (Å²) in [6.45, 7) is 4.95. The third kappa shape index (κ3) is 1.68. The summed E-state index contributed by atoms with van der Waals surface area (Å²) in [5.41, 5.74) is 0.470. The minimum Gasteiger partial charge on any atom is -0.493 e. The first-order valence-electron chi connectivity index (χ1n) is 4.79. The van der Waals surface area contributed by atoms with Gasteiger partial charge in [-0.05, 0) is 13.3 Å². The third-order valence-corrected chi connectivity index (χ3v) is 2.51. The minimum absolute atomic E-state index is 0.0564. The van der Waals surface area contributed by atoms with Crippen molar-refractivity contribution in [1.82, 2.24) is 9.13 Å². The highest BCUT2D eigenvalue weighted by Crippen LogP contribution is 2.17. The van der Waals surface area contributed by atoms with Crippen molar-refractivity contribution < 1.29 is 5.11 Å². The van der Waals surface area contributed by atoms with E-state index in [2.05, 4.69) is 12.6 Å². The van der Waals surface area contributed by atoms with Gasteiger partial charge in [-0.25, -0.2) is 4.79 Å². The molecule has 80 valence electrons. The van der Waals surface area contributed by atoms with Gasteiger partial charge < -0.3 is 5.11 Å². The molecule has 0 radical (unpaired) electrons. The summed E-state index contributed by atoms with van der Waals surface area (Å²) in [4.78, 5) is 11.7. The zero-order valence-corrected chi connectivity index (χ0v) is 9.42. The lowest BCUT2D eigenvalue weighted by Gasteiger charge is -2.01. The highest BCUT2D eigenvalue weighted by atomic mass is 32.1. The second kappa shape index (κ2) is 4.59. The van der Waals surface area contributed by atoms with Crippen LogP contribution in [0.5, 0.6) is 5.88 Å². The van der Waals surface area contributed by atoms with Crippen LogP contribution in [0.15, 0.2) is 4.79 Å². The highest BCUT2D eigenvalue weighted by Gasteiger charge is 2.15. The van der Waals surface area contributed by atoms with Crippen LogP contribution in [0, 0.1) is 0 Å². The fourth-order valence-electron chi connectivity index (χ4n) is 1.52. The molecule has 1 heterocycles. The molecule has 1 aromatic heterocycles. The Balaban J connectivity index is 3.32. The summed E-state index contributed by atoms with van der Waals surface area (Å²) in [6, 6.07) is 0. The maximum atomic E-state index is 11.7. The number of aromatic hydroxyl groups is 1. The molecule has 14 heavy (non-hydrogen) atoms. The molecular formula is C9H16N2O2S. The molecule has 5 heteroatoms. The second-order valence-corrected chi connectivity index (χ2v) is 3.42. The fraction of sp³-hybridized carbons (Fsp3) is 0.667. The van der Waals surface area contributed by atoms with Gasteiger partial charge in [0.05, 0.1) is 5.69 Å². The van der Waals surface area contributed by atoms with Crippen molar-refractivity contribution in [3.63, 3.8) is 0 Å². The van der Waals surface area contributed by atoms with E-state index >= 15 is 0 Å². The van der Waals surface area contributed by atoms with Gasteiger partial charge in [0.1, 0.15) is 0 Å². The Morgan fingerprint density at radius 2 is 2.00 bits per heavy atom. The van der Waals surface area contributed by atoms with Gasteiger partial charge in [-0.1, -0.05) is 6.92 Å². The lowest BCUT2D eigenvalue weighted by molar-refractivity contribution is 0.414. The molecule has 1 N–H and O–H groups in total. The summed E-state index contributed by atoms with van der Waals surface area (Å²) < 4.78 is 2.95. The van der Waals surface area contributed by atoms with Crippen LogP contribution < -0.4 is 5.69 Å². The first-order chi connectivity index (χ1) is 6.67. The van der Waals surface area contributed by atoms with E-state index in [9.17, 15) is 9.90 Å². The number of hydrogen-bond donors (Lipinski definition) is 2. The predicted octanol–water partition coefficient (Wildman–Crippen LogP) is 1.22. The first-order valence-corrected chi connectivity index (χ1v) is 5.42. The van der Waals surface area contributed by atoms with Crippen molar-refractivity contribution in [2.45, 2.75) is 39.1 Å². The van der Waals surface area contributed by atoms with Gasteiger partial charge in [0.25, 0.3) is 0 Å². The van der Waals surface area contributed by atoms with Crippen LogP contribution in [0.25, 0.3) is 0 Å². The molecule has 0 fully saturated rings. The lowest BCUT2D eigenvalue weighted by atomic mass is 10.4. The van der Waals surface area contributed by atoms with Crippen molar-refractivity contribution >= 4 is 12.6 Å². The van der Waals surface area contributed by atoms with Crippen LogP contribution in [-0.4, -0.2) is 14.2 Å². The number of thiol groups is 1. The molecule has 0 amide bonds. The van der Waals surface area contributed by atoms with Gasteiger partial charge in [0.15, 0.2) is 0 Å². The maximum Gasteiger partial charge on any atom is 0.331 e. The van der Waals surface area contributed by atoms with Gasteiger partial charge >= 0.3 is 5.69 Å². The predicted molar refractivity (Wildman–Crippen MR) is 59.0 cm³/mol. The van der Waals surface area contributed by atoms with Crippen LogP contribution in [0.2, 0.25) is 0 Å². The van der Waals surface area contributed by atoms with E-state index in [1.165, 1.54) is 4.57 Å². The van der Waals surface area contributed by atoms with Crippen molar-refractivity contribution in [1.29, 1.82) is 0 Å². The SMILES string of the molecule is CCCn1c(CS)c(O)n(CC)c1=O. The molecule has 0 spiro atoms. The Hall–Kier alpha value is -0.840. The van der Waals surface area contributed by atoms with Crippen LogP contribution in [0.1, 0.15) is 26.0 Å². The standard InChI is InChI=1S/C9H16N2O2S/c1-3-5-11-7(6-14)8(12)10(4-2)9(11)13/h12,14H,3-6H2,1-2H3. The highest BCUT2D eigenvalue weighted by molar-refractivity contribution is 7.79. The summed E-state index contributed by atoms with van der Waals surface area (Å²) in [7, 11) is 0. The Morgan fingerprint density at radius 3 is 2.43 bits per heavy atom. The monoisotopic (exact) mass is 216 g/mol. The van der Waals surface area contributed by atoms with Crippen molar-refractivity contribution in [3.8, 4) is 5.88 Å². The summed E-state index contributed by atoms with van der Waals surface area (Å²) in [5, 5.41) is 9.71. The molecule has 0 saturated carbocycles. The van der Waals surface area contributed by atoms with E-state index in [1.54, 1.807) is 4.57 Å². The topological polar surface area (TPSA) is 47.2 Å². The van der Waals surface area contributed by atoms with Crippen LogP contribution >= 0.6 is 12.6 Å². The van der Waals surface area contributed by atoms with Crippen molar-refractivity contribution in [2.24, 2.45) is 0 Å². The van der Waals surface area contributed by atoms with E-state index < -0.39 is 0 Å². The molecule has 0 atom stereocenters. The molecule has 0 aliphatic rings. The Morgan fingerprint density at radius 1 is 1.36 bits per heavy atom. The zero-order valence-electron chi connectivity index (χ0n) is 8.53. The number of nitrogens with zero attached hydrogens (tertiary/aromatic N) is 2. The molecule has 0 bridgehead atoms. The van der Waals surface area contributed by atoms with Gasteiger partial charge in [-0.3, -0.25) is 9.13 Å². The lowest BCUT2D eigenvalue weighted by Crippen LogP contribution is -2.24. The summed E-state index contributed by atoms with van der Waals surface area (Å²) in [6.07, 6.45) is 0.869. The zero-order chi connectivity index (χ0) is 10.7. The number of rotatable bonds is 4. The molecule has 0 aromatic carbocycles. The first kappa shape index (κ1) is 11.2. The van der Waals surface area contributed by atoms with E-state index in [1.807, 2.05) is 13.8 Å². The average molecular weight is 216 g/mol. The molecule has 1 aromatic rings. The Labute approximate surface area is 88.6 Å². The maximum absolute atomic E-state index is 11.7.